The van der Waals surface area contributed by atoms with Crippen molar-refractivity contribution in [3.8, 4) is 0 Å². The number of halogens is 6. The highest BCUT2D eigenvalue weighted by Gasteiger charge is 2.61. The van der Waals surface area contributed by atoms with Gasteiger partial charge in [-0.1, -0.05) is 129 Å². The van der Waals surface area contributed by atoms with Crippen molar-refractivity contribution in [2.45, 2.75) is 179 Å². The van der Waals surface area contributed by atoms with Crippen molar-refractivity contribution in [1.82, 2.24) is 0 Å². The number of ether oxygens (including phenoxy) is 1. The monoisotopic (exact) mass is 751 g/mol. The first-order valence-electron chi connectivity index (χ1n) is 22.0. The third-order valence-electron chi connectivity index (χ3n) is 15.5. The minimum Gasteiger partial charge on any atom is -0.379 e. The Hall–Kier alpha value is -1.50. The van der Waals surface area contributed by atoms with E-state index in [1.54, 1.807) is 0 Å². The molecule has 1 nitrogen and oxygen atoms in total. The molecule has 6 rings (SSSR count). The van der Waals surface area contributed by atoms with E-state index in [1.807, 2.05) is 0 Å². The molecule has 0 bridgehead atoms. The second kappa shape index (κ2) is 17.7. The lowest BCUT2D eigenvalue weighted by molar-refractivity contribution is -0.0619. The van der Waals surface area contributed by atoms with Gasteiger partial charge in [0.2, 0.25) is 0 Å². The van der Waals surface area contributed by atoms with Crippen molar-refractivity contribution in [2.75, 3.05) is 13.2 Å². The Morgan fingerprint density at radius 1 is 0.547 bits per heavy atom. The van der Waals surface area contributed by atoms with Crippen LogP contribution in [0, 0.1) is 46.3 Å². The van der Waals surface area contributed by atoms with Crippen molar-refractivity contribution in [3.63, 3.8) is 0 Å². The zero-order valence-corrected chi connectivity index (χ0v) is 32.8. The van der Waals surface area contributed by atoms with Gasteiger partial charge in [-0.3, -0.25) is 0 Å². The summed E-state index contributed by atoms with van der Waals surface area (Å²) in [6.45, 7) is 3.70. The maximum Gasteiger partial charge on any atom is 0.188 e. The van der Waals surface area contributed by atoms with Gasteiger partial charge in [-0.05, 0) is 87.2 Å². The van der Waals surface area contributed by atoms with E-state index in [1.165, 1.54) is 50.0 Å². The van der Waals surface area contributed by atoms with Gasteiger partial charge in [-0.2, -0.15) is 0 Å². The molecule has 0 N–H and O–H groups in total. The van der Waals surface area contributed by atoms with Crippen LogP contribution in [0.4, 0.5) is 26.3 Å². The summed E-state index contributed by atoms with van der Waals surface area (Å²) in [6.07, 6.45) is 27.2. The van der Waals surface area contributed by atoms with Crippen molar-refractivity contribution in [1.29, 1.82) is 0 Å². The van der Waals surface area contributed by atoms with Crippen LogP contribution in [0.25, 0.3) is 0 Å². The zero-order chi connectivity index (χ0) is 37.7. The molecule has 0 saturated heterocycles. The van der Waals surface area contributed by atoms with Crippen LogP contribution in [0.1, 0.15) is 168 Å². The lowest BCUT2D eigenvalue weighted by Gasteiger charge is -2.53. The minimum atomic E-state index is -2.51. The summed E-state index contributed by atoms with van der Waals surface area (Å²) in [6, 6.07) is 0. The number of hydrogen-bond acceptors (Lipinski definition) is 1. The molecule has 0 unspecified atom stereocenters. The van der Waals surface area contributed by atoms with Crippen molar-refractivity contribution in [3.05, 3.63) is 47.6 Å². The van der Waals surface area contributed by atoms with Crippen LogP contribution in [0.5, 0.6) is 0 Å². The maximum absolute atomic E-state index is 17.2. The predicted octanol–water partition coefficient (Wildman–Crippen LogP) is 15.0. The van der Waals surface area contributed by atoms with Crippen molar-refractivity contribution >= 4 is 0 Å². The van der Waals surface area contributed by atoms with Gasteiger partial charge >= 0.3 is 0 Å². The Labute approximate surface area is 316 Å². The molecule has 0 heterocycles. The van der Waals surface area contributed by atoms with Crippen LogP contribution in [0.3, 0.4) is 0 Å². The highest BCUT2D eigenvalue weighted by Crippen LogP contribution is 2.63. The number of unbranched alkanes of at least 4 members (excludes halogenated alkanes) is 2. The molecule has 0 aromatic carbocycles. The SMILES string of the molecule is CCCCC1CCC(C2([C@@]3(F)C=C[C@@H](COC[C@@H]4C=C[C@](F)(C5(C6CCC(CCCC)CC6)CCCCC5)C(F)=C4F)C(F)=C3F)CCCCC2)CC1. The molecule has 4 fully saturated rings. The lowest BCUT2D eigenvalue weighted by Crippen LogP contribution is -2.52. The number of rotatable bonds is 14. The number of alkyl halides is 2. The molecule has 0 radical (unpaired) electrons. The molecule has 53 heavy (non-hydrogen) atoms. The van der Waals surface area contributed by atoms with E-state index >= 15 is 26.3 Å². The van der Waals surface area contributed by atoms with E-state index in [2.05, 4.69) is 13.8 Å². The highest BCUT2D eigenvalue weighted by molar-refractivity contribution is 5.37. The molecule has 0 spiro atoms. The Bertz CT molecular complexity index is 1220. The molecule has 0 amide bonds. The van der Waals surface area contributed by atoms with Crippen molar-refractivity contribution < 1.29 is 31.1 Å². The first-order valence-corrected chi connectivity index (χ1v) is 22.0. The summed E-state index contributed by atoms with van der Waals surface area (Å²) in [5, 5.41) is 0. The first-order chi connectivity index (χ1) is 25.5. The number of allylic oxidation sites excluding steroid dienone is 4. The highest BCUT2D eigenvalue weighted by atomic mass is 19.2. The third kappa shape index (κ3) is 7.92. The van der Waals surface area contributed by atoms with Crippen LogP contribution in [-0.2, 0) is 4.74 Å². The molecule has 0 aromatic heterocycles. The van der Waals surface area contributed by atoms with Gasteiger partial charge < -0.3 is 4.74 Å². The van der Waals surface area contributed by atoms with Crippen LogP contribution < -0.4 is 0 Å². The smallest absolute Gasteiger partial charge is 0.188 e. The van der Waals surface area contributed by atoms with E-state index in [4.69, 9.17) is 4.74 Å². The van der Waals surface area contributed by atoms with Gasteiger partial charge in [-0.15, -0.1) is 0 Å². The van der Waals surface area contributed by atoms with E-state index in [-0.39, 0.29) is 25.0 Å². The molecule has 6 aliphatic carbocycles. The molecular formula is C46H68F6O. The fourth-order valence-electron chi connectivity index (χ4n) is 12.3. The second-order valence-corrected chi connectivity index (χ2v) is 18.4. The van der Waals surface area contributed by atoms with Gasteiger partial charge in [0.05, 0.1) is 25.0 Å². The average Bonchev–Trinajstić information content (AvgIpc) is 3.20. The first kappa shape index (κ1) is 41.1. The molecule has 4 saturated carbocycles. The Kier molecular flexibility index (Phi) is 13.8. The van der Waals surface area contributed by atoms with Gasteiger partial charge in [0.15, 0.2) is 23.0 Å². The summed E-state index contributed by atoms with van der Waals surface area (Å²) in [5.41, 5.74) is -6.95. The third-order valence-corrected chi connectivity index (χ3v) is 15.5. The quantitative estimate of drug-likeness (QED) is 0.127. The van der Waals surface area contributed by atoms with Gasteiger partial charge in [0, 0.05) is 10.8 Å². The van der Waals surface area contributed by atoms with Crippen LogP contribution in [0.15, 0.2) is 47.6 Å². The second-order valence-electron chi connectivity index (χ2n) is 18.4. The largest absolute Gasteiger partial charge is 0.379 e. The van der Waals surface area contributed by atoms with Crippen LogP contribution >= 0.6 is 0 Å². The van der Waals surface area contributed by atoms with Gasteiger partial charge in [0.25, 0.3) is 0 Å². The van der Waals surface area contributed by atoms with Crippen molar-refractivity contribution in [2.24, 2.45) is 46.3 Å². The van der Waals surface area contributed by atoms with E-state index in [0.717, 1.165) is 103 Å². The molecule has 0 aromatic rings. The predicted molar refractivity (Wildman–Crippen MR) is 203 cm³/mol. The van der Waals surface area contributed by atoms with E-state index < -0.39 is 57.3 Å². The average molecular weight is 751 g/mol. The molecule has 6 aliphatic rings. The lowest BCUT2D eigenvalue weighted by atomic mass is 9.53. The molecule has 7 heteroatoms. The summed E-state index contributed by atoms with van der Waals surface area (Å²) < 4.78 is 104. The summed E-state index contributed by atoms with van der Waals surface area (Å²) in [5.74, 6) is -6.06. The topological polar surface area (TPSA) is 9.23 Å². The zero-order valence-electron chi connectivity index (χ0n) is 32.8. The Morgan fingerprint density at radius 2 is 0.906 bits per heavy atom. The van der Waals surface area contributed by atoms with Gasteiger partial charge in [-0.25, -0.2) is 26.3 Å². The maximum atomic E-state index is 17.2. The van der Waals surface area contributed by atoms with E-state index in [9.17, 15) is 0 Å². The molecule has 300 valence electrons. The fourth-order valence-corrected chi connectivity index (χ4v) is 12.3. The van der Waals surface area contributed by atoms with Gasteiger partial charge in [0.1, 0.15) is 11.7 Å². The van der Waals surface area contributed by atoms with Crippen LogP contribution in [-0.4, -0.2) is 24.6 Å². The van der Waals surface area contributed by atoms with Crippen LogP contribution in [0.2, 0.25) is 0 Å². The molecular weight excluding hydrogens is 682 g/mol. The Balaban J connectivity index is 1.10. The number of hydrogen-bond donors (Lipinski definition) is 0. The molecule has 0 aliphatic heterocycles. The molecule has 4 atom stereocenters. The summed E-state index contributed by atoms with van der Waals surface area (Å²) >= 11 is 0. The fraction of sp³-hybridized carbons (Fsp3) is 0.826. The summed E-state index contributed by atoms with van der Waals surface area (Å²) in [4.78, 5) is 0. The normalized spacial score (nSPS) is 37.7. The Morgan fingerprint density at radius 3 is 1.25 bits per heavy atom. The van der Waals surface area contributed by atoms with E-state index in [0.29, 0.717) is 37.5 Å². The minimum absolute atomic E-state index is 0.000575. The summed E-state index contributed by atoms with van der Waals surface area (Å²) in [7, 11) is 0. The standard InChI is InChI=1S/C46H68F6O/c1-3-5-13-33-15-19-37(20-16-33)43(25-9-7-10-26-43)45(51)29-23-35(39(47)41(45)49)31-53-32-36-24-30-46(52,42(50)40(36)48)44(27-11-8-12-28-44)38-21-17-34(18-22-38)14-6-4-2/h23-24,29-30,33-38H,3-22,25-28,31-32H2,1-2H3/t33?,34?,35-,36-,37?,38?,45+,46+/m0/s1.